The monoisotopic (exact) mass is 539 g/mol. The number of likely N-dealkylation sites (N-methyl/N-ethyl adjacent to an activating group) is 1. The summed E-state index contributed by atoms with van der Waals surface area (Å²) >= 11 is 0. The smallest absolute Gasteiger partial charge is 0.230 e. The number of amides is 1. The number of ketones is 3. The van der Waals surface area contributed by atoms with Crippen molar-refractivity contribution in [3.05, 3.63) is 52.8 Å². The number of carbonyl (C=O) groups excluding carboxylic acids is 4. The van der Waals surface area contributed by atoms with Gasteiger partial charge in [0.1, 0.15) is 17.5 Å². The summed E-state index contributed by atoms with van der Waals surface area (Å²) in [6.45, 7) is -0.129. The molecule has 206 valence electrons. The Kier molecular flexibility index (Phi) is 6.46. The fourth-order valence-electron chi connectivity index (χ4n) is 6.99. The number of rotatable bonds is 4. The molecular weight excluding hydrogens is 509 g/mol. The highest BCUT2D eigenvalue weighted by molar-refractivity contribution is 6.25. The molecular formula is C28H30FN3O7. The zero-order chi connectivity index (χ0) is 28.5. The minimum atomic E-state index is -2.73. The zero-order valence-electron chi connectivity index (χ0n) is 21.4. The summed E-state index contributed by atoms with van der Waals surface area (Å²) in [5.41, 5.74) is 10.2. The van der Waals surface area contributed by atoms with Crippen LogP contribution in [-0.4, -0.2) is 75.3 Å². The Hall–Kier alpha value is -3.51. The molecule has 3 aliphatic rings. The third kappa shape index (κ3) is 3.75. The predicted octanol–water partition coefficient (Wildman–Crippen LogP) is -0.0764. The highest BCUT2D eigenvalue weighted by Gasteiger charge is 2.69. The maximum absolute atomic E-state index is 14.0. The molecule has 0 bridgehead atoms. The second-order valence-corrected chi connectivity index (χ2v) is 11.0. The molecule has 0 aliphatic heterocycles. The molecule has 10 nitrogen and oxygen atoms in total. The van der Waals surface area contributed by atoms with Gasteiger partial charge in [0.15, 0.2) is 23.0 Å². The van der Waals surface area contributed by atoms with Crippen LogP contribution in [0.3, 0.4) is 0 Å². The summed E-state index contributed by atoms with van der Waals surface area (Å²) in [5, 5.41) is 33.7. The molecule has 0 aromatic heterocycles. The van der Waals surface area contributed by atoms with Crippen molar-refractivity contribution in [3.8, 4) is 16.9 Å². The Labute approximate surface area is 223 Å². The molecule has 3 unspecified atom stereocenters. The average Bonchev–Trinajstić information content (AvgIpc) is 2.86. The number of aliphatic hydroxyl groups is 2. The second kappa shape index (κ2) is 9.30. The number of primary amides is 1. The lowest BCUT2D eigenvalue weighted by atomic mass is 9.52. The molecule has 7 atom stereocenters. The number of nitrogens with zero attached hydrogens (tertiary/aromatic N) is 1. The molecule has 39 heavy (non-hydrogen) atoms. The Bertz CT molecular complexity index is 1410. The summed E-state index contributed by atoms with van der Waals surface area (Å²) in [5.74, 6) is -10.2. The van der Waals surface area contributed by atoms with E-state index < -0.39 is 76.2 Å². The van der Waals surface area contributed by atoms with E-state index in [1.807, 2.05) is 0 Å². The SMILES string of the molecule is CN(C)[C@H]1C(O)C(C(N)=O)C(=O)[C@]2(O)C(=O)C3C(=O)c4c(O)c(CN)cc(-c5ccc(F)cc5)c4C[C@@H]3C[C@H]12. The Morgan fingerprint density at radius 3 is 2.36 bits per heavy atom. The van der Waals surface area contributed by atoms with Gasteiger partial charge in [-0.1, -0.05) is 12.1 Å². The van der Waals surface area contributed by atoms with Crippen LogP contribution < -0.4 is 11.5 Å². The number of benzene rings is 2. The predicted molar refractivity (Wildman–Crippen MR) is 136 cm³/mol. The van der Waals surface area contributed by atoms with Crippen LogP contribution >= 0.6 is 0 Å². The van der Waals surface area contributed by atoms with Crippen LogP contribution in [0.1, 0.15) is 27.9 Å². The van der Waals surface area contributed by atoms with E-state index in [4.69, 9.17) is 11.5 Å². The van der Waals surface area contributed by atoms with Gasteiger partial charge in [-0.15, -0.1) is 0 Å². The van der Waals surface area contributed by atoms with Crippen molar-refractivity contribution < 1.29 is 38.9 Å². The van der Waals surface area contributed by atoms with Crippen molar-refractivity contribution in [2.24, 2.45) is 35.1 Å². The lowest BCUT2D eigenvalue weighted by molar-refractivity contribution is -0.190. The number of hydrogen-bond acceptors (Lipinski definition) is 9. The summed E-state index contributed by atoms with van der Waals surface area (Å²) in [6, 6.07) is 6.23. The highest BCUT2D eigenvalue weighted by Crippen LogP contribution is 2.52. The fourth-order valence-corrected chi connectivity index (χ4v) is 6.99. The van der Waals surface area contributed by atoms with Gasteiger partial charge in [0.05, 0.1) is 17.6 Å². The molecule has 0 heterocycles. The Morgan fingerprint density at radius 2 is 1.79 bits per heavy atom. The van der Waals surface area contributed by atoms with Crippen molar-refractivity contribution in [3.63, 3.8) is 0 Å². The van der Waals surface area contributed by atoms with Crippen molar-refractivity contribution >= 4 is 23.3 Å². The van der Waals surface area contributed by atoms with E-state index >= 15 is 0 Å². The summed E-state index contributed by atoms with van der Waals surface area (Å²) < 4.78 is 13.7. The normalized spacial score (nSPS) is 32.0. The standard InChI is InChI=1S/C28H30FN3O7/c1-32(2)21-17-9-12-7-16-15(11-3-5-14(29)6-4-11)8-13(10-30)22(33)19(16)23(34)18(12)25(36)28(17,39)26(37)20(24(21)35)27(31)38/h3-6,8,12,17-18,20-21,24,33,35,39H,7,9-10,30H2,1-2H3,(H2,31,38)/t12-,17-,18?,20?,21-,24?,28-/m1/s1. The van der Waals surface area contributed by atoms with Crippen LogP contribution in [0.15, 0.2) is 30.3 Å². The van der Waals surface area contributed by atoms with Crippen LogP contribution in [0.25, 0.3) is 11.1 Å². The molecule has 2 saturated carbocycles. The number of nitrogens with two attached hydrogens (primary N) is 2. The number of phenols is 1. The first-order chi connectivity index (χ1) is 18.3. The Morgan fingerprint density at radius 1 is 1.15 bits per heavy atom. The Balaban J connectivity index is 1.69. The average molecular weight is 540 g/mol. The molecule has 5 rings (SSSR count). The van der Waals surface area contributed by atoms with E-state index in [-0.39, 0.29) is 30.5 Å². The molecule has 2 fully saturated rings. The molecule has 3 aliphatic carbocycles. The van der Waals surface area contributed by atoms with Gasteiger partial charge in [-0.25, -0.2) is 4.39 Å². The topological polar surface area (TPSA) is 184 Å². The van der Waals surface area contributed by atoms with Gasteiger partial charge in [0, 0.05) is 24.1 Å². The number of fused-ring (bicyclic) bond motifs is 3. The molecule has 0 spiro atoms. The zero-order valence-corrected chi connectivity index (χ0v) is 21.4. The number of hydrogen-bond donors (Lipinski definition) is 5. The van der Waals surface area contributed by atoms with E-state index in [1.165, 1.54) is 29.2 Å². The van der Waals surface area contributed by atoms with E-state index in [0.29, 0.717) is 16.7 Å². The number of aromatic hydroxyl groups is 1. The van der Waals surface area contributed by atoms with Crippen molar-refractivity contribution in [2.45, 2.75) is 37.1 Å². The summed E-state index contributed by atoms with van der Waals surface area (Å²) in [7, 11) is 3.16. The molecule has 0 radical (unpaired) electrons. The summed E-state index contributed by atoms with van der Waals surface area (Å²) in [4.78, 5) is 55.0. The molecule has 7 N–H and O–H groups in total. The van der Waals surface area contributed by atoms with Crippen LogP contribution in [0, 0.1) is 29.5 Å². The van der Waals surface area contributed by atoms with Crippen LogP contribution in [0.2, 0.25) is 0 Å². The lowest BCUT2D eigenvalue weighted by Crippen LogP contribution is -2.75. The highest BCUT2D eigenvalue weighted by atomic mass is 19.1. The number of Topliss-reactive ketones (excluding diaryl/α,β-unsaturated/α-hetero) is 3. The first-order valence-electron chi connectivity index (χ1n) is 12.7. The minimum absolute atomic E-state index is 0.00250. The molecule has 11 heteroatoms. The van der Waals surface area contributed by atoms with E-state index in [9.17, 15) is 38.9 Å². The van der Waals surface area contributed by atoms with Gasteiger partial charge in [0.25, 0.3) is 0 Å². The number of carbonyl (C=O) groups is 4. The number of phenolic OH excluding ortho intramolecular Hbond substituents is 1. The first kappa shape index (κ1) is 27.1. The summed E-state index contributed by atoms with van der Waals surface area (Å²) in [6.07, 6.45) is -1.45. The maximum atomic E-state index is 14.0. The number of aliphatic hydroxyl groups excluding tert-OH is 1. The first-order valence-corrected chi connectivity index (χ1v) is 12.7. The van der Waals surface area contributed by atoms with Gasteiger partial charge in [0.2, 0.25) is 5.91 Å². The van der Waals surface area contributed by atoms with Crippen molar-refractivity contribution in [1.82, 2.24) is 4.90 Å². The van der Waals surface area contributed by atoms with Gasteiger partial charge < -0.3 is 31.7 Å². The van der Waals surface area contributed by atoms with E-state index in [2.05, 4.69) is 0 Å². The quantitative estimate of drug-likeness (QED) is 0.332. The lowest BCUT2D eigenvalue weighted by Gasteiger charge is -2.54. The van der Waals surface area contributed by atoms with Crippen LogP contribution in [0.4, 0.5) is 4.39 Å². The maximum Gasteiger partial charge on any atom is 0.230 e. The van der Waals surface area contributed by atoms with E-state index in [0.717, 1.165) is 0 Å². The molecule has 0 saturated heterocycles. The van der Waals surface area contributed by atoms with Crippen molar-refractivity contribution in [1.29, 1.82) is 0 Å². The minimum Gasteiger partial charge on any atom is -0.507 e. The third-order valence-corrected chi connectivity index (χ3v) is 8.74. The number of halogens is 1. The third-order valence-electron chi connectivity index (χ3n) is 8.74. The molecule has 1 amide bonds. The fraction of sp³-hybridized carbons (Fsp3) is 0.429. The van der Waals surface area contributed by atoms with Crippen LogP contribution in [0.5, 0.6) is 5.75 Å². The van der Waals surface area contributed by atoms with E-state index in [1.54, 1.807) is 20.2 Å². The van der Waals surface area contributed by atoms with Crippen LogP contribution in [-0.2, 0) is 27.3 Å². The van der Waals surface area contributed by atoms with Gasteiger partial charge in [-0.2, -0.15) is 0 Å². The largest absolute Gasteiger partial charge is 0.507 e. The van der Waals surface area contributed by atoms with Gasteiger partial charge in [-0.05, 0) is 67.7 Å². The molecule has 2 aromatic carbocycles. The molecule has 2 aromatic rings. The van der Waals surface area contributed by atoms with Gasteiger partial charge in [-0.3, -0.25) is 19.2 Å². The van der Waals surface area contributed by atoms with Crippen molar-refractivity contribution in [2.75, 3.05) is 14.1 Å². The second-order valence-electron chi connectivity index (χ2n) is 11.0. The van der Waals surface area contributed by atoms with Gasteiger partial charge >= 0.3 is 0 Å².